The molecule has 26 heavy (non-hydrogen) atoms. The van der Waals surface area contributed by atoms with Gasteiger partial charge in [0.1, 0.15) is 5.75 Å². The highest BCUT2D eigenvalue weighted by Crippen LogP contribution is 2.29. The van der Waals surface area contributed by atoms with Crippen LogP contribution in [0.2, 0.25) is 5.02 Å². The van der Waals surface area contributed by atoms with Crippen molar-refractivity contribution in [3.05, 3.63) is 69.9 Å². The summed E-state index contributed by atoms with van der Waals surface area (Å²) in [6.07, 6.45) is 0. The van der Waals surface area contributed by atoms with Gasteiger partial charge in [0, 0.05) is 16.4 Å². The monoisotopic (exact) mass is 387 g/mol. The predicted octanol–water partition coefficient (Wildman–Crippen LogP) is 3.79. The van der Waals surface area contributed by atoms with Gasteiger partial charge in [-0.3, -0.25) is 4.79 Å². The first kappa shape index (κ1) is 18.2. The summed E-state index contributed by atoms with van der Waals surface area (Å²) in [6, 6.07) is 11.6. The Labute approximate surface area is 162 Å². The van der Waals surface area contributed by atoms with Gasteiger partial charge >= 0.3 is 0 Å². The minimum absolute atomic E-state index is 0.159. The Morgan fingerprint density at radius 3 is 2.54 bits per heavy atom. The summed E-state index contributed by atoms with van der Waals surface area (Å²) in [5, 5.41) is 19.5. The van der Waals surface area contributed by atoms with Crippen LogP contribution in [0.15, 0.2) is 53.7 Å². The number of carbonyl (C=O) groups is 1. The van der Waals surface area contributed by atoms with E-state index in [9.17, 15) is 9.90 Å². The van der Waals surface area contributed by atoms with Crippen LogP contribution in [0.5, 0.6) is 5.75 Å². The lowest BCUT2D eigenvalue weighted by atomic mass is 9.95. The molecule has 134 valence electrons. The third kappa shape index (κ3) is 3.81. The van der Waals surface area contributed by atoms with E-state index in [1.807, 2.05) is 13.0 Å². The number of allylic oxidation sites excluding steroid dienone is 1. The highest BCUT2D eigenvalue weighted by atomic mass is 35.5. The van der Waals surface area contributed by atoms with Crippen molar-refractivity contribution in [3.8, 4) is 5.75 Å². The predicted molar refractivity (Wildman–Crippen MR) is 107 cm³/mol. The van der Waals surface area contributed by atoms with Gasteiger partial charge in [0.05, 0.1) is 11.6 Å². The number of nitrogens with one attached hydrogen (secondary N) is 3. The fraction of sp³-hybridized carbons (Fsp3) is 0.158. The average Bonchev–Trinajstić information content (AvgIpc) is 2.58. The summed E-state index contributed by atoms with van der Waals surface area (Å²) in [5.74, 6) is -0.103. The molecule has 5 nitrogen and oxygen atoms in total. The lowest BCUT2D eigenvalue weighted by Gasteiger charge is -2.30. The molecule has 0 fully saturated rings. The van der Waals surface area contributed by atoms with Crippen LogP contribution >= 0.6 is 23.8 Å². The maximum Gasteiger partial charge on any atom is 0.255 e. The number of carbonyl (C=O) groups excluding carboxylic acids is 1. The van der Waals surface area contributed by atoms with E-state index in [1.165, 1.54) is 0 Å². The van der Waals surface area contributed by atoms with Crippen molar-refractivity contribution in [2.45, 2.75) is 19.9 Å². The van der Waals surface area contributed by atoms with E-state index >= 15 is 0 Å². The lowest BCUT2D eigenvalue weighted by Crippen LogP contribution is -2.45. The Morgan fingerprint density at radius 2 is 1.88 bits per heavy atom. The van der Waals surface area contributed by atoms with Gasteiger partial charge < -0.3 is 21.1 Å². The van der Waals surface area contributed by atoms with E-state index < -0.39 is 6.04 Å². The van der Waals surface area contributed by atoms with E-state index in [-0.39, 0.29) is 11.7 Å². The average molecular weight is 388 g/mol. The van der Waals surface area contributed by atoms with E-state index in [0.717, 1.165) is 11.1 Å². The maximum absolute atomic E-state index is 12.9. The number of thiocarbonyl (C=S) groups is 1. The number of rotatable bonds is 3. The number of halogens is 1. The second-order valence-corrected chi connectivity index (χ2v) is 6.90. The van der Waals surface area contributed by atoms with Gasteiger partial charge in [-0.1, -0.05) is 29.8 Å². The Balaban J connectivity index is 1.93. The molecule has 1 heterocycles. The van der Waals surface area contributed by atoms with E-state index in [2.05, 4.69) is 16.0 Å². The number of benzene rings is 2. The fourth-order valence-electron chi connectivity index (χ4n) is 2.78. The molecule has 1 atom stereocenters. The summed E-state index contributed by atoms with van der Waals surface area (Å²) in [6.45, 7) is 3.70. The highest BCUT2D eigenvalue weighted by molar-refractivity contribution is 7.80. The molecular weight excluding hydrogens is 370 g/mol. The van der Waals surface area contributed by atoms with E-state index in [4.69, 9.17) is 23.8 Å². The molecule has 1 amide bonds. The van der Waals surface area contributed by atoms with Crippen molar-refractivity contribution in [1.29, 1.82) is 0 Å². The molecule has 0 saturated heterocycles. The topological polar surface area (TPSA) is 73.4 Å². The summed E-state index contributed by atoms with van der Waals surface area (Å²) >= 11 is 11.4. The normalized spacial score (nSPS) is 16.7. The Bertz CT molecular complexity index is 910. The fourth-order valence-corrected chi connectivity index (χ4v) is 3.23. The van der Waals surface area contributed by atoms with Crippen LogP contribution in [0.3, 0.4) is 0 Å². The van der Waals surface area contributed by atoms with Crippen molar-refractivity contribution < 1.29 is 9.90 Å². The largest absolute Gasteiger partial charge is 0.508 e. The van der Waals surface area contributed by atoms with Crippen molar-refractivity contribution in [3.63, 3.8) is 0 Å². The first-order valence-electron chi connectivity index (χ1n) is 8.00. The highest BCUT2D eigenvalue weighted by Gasteiger charge is 2.29. The smallest absolute Gasteiger partial charge is 0.255 e. The third-order valence-corrected chi connectivity index (χ3v) is 4.80. The molecule has 1 aliphatic rings. The van der Waals surface area contributed by atoms with Crippen LogP contribution in [-0.2, 0) is 4.79 Å². The van der Waals surface area contributed by atoms with E-state index in [1.54, 1.807) is 43.3 Å². The molecule has 2 aromatic rings. The van der Waals surface area contributed by atoms with Crippen LogP contribution in [0.1, 0.15) is 24.1 Å². The molecule has 0 aliphatic carbocycles. The number of hydrogen-bond donors (Lipinski definition) is 4. The second kappa shape index (κ2) is 7.35. The number of phenols is 1. The minimum Gasteiger partial charge on any atom is -0.508 e. The quantitative estimate of drug-likeness (QED) is 0.603. The third-order valence-electron chi connectivity index (χ3n) is 4.17. The molecule has 0 aromatic heterocycles. The SMILES string of the molecule is CC1=C(C(=O)Nc2ccc(C)c(Cl)c2)[C@@H](c2ccc(O)cc2)NC(=S)N1. The van der Waals surface area contributed by atoms with Crippen LogP contribution in [0, 0.1) is 6.92 Å². The van der Waals surface area contributed by atoms with Gasteiger partial charge in [-0.15, -0.1) is 0 Å². The second-order valence-electron chi connectivity index (χ2n) is 6.08. The Kier molecular flexibility index (Phi) is 5.15. The molecule has 7 heteroatoms. The van der Waals surface area contributed by atoms with Crippen LogP contribution in [0.25, 0.3) is 0 Å². The maximum atomic E-state index is 12.9. The van der Waals surface area contributed by atoms with Crippen LogP contribution in [0.4, 0.5) is 5.69 Å². The Morgan fingerprint density at radius 1 is 1.19 bits per heavy atom. The van der Waals surface area contributed by atoms with Crippen LogP contribution in [-0.4, -0.2) is 16.1 Å². The number of aryl methyl sites for hydroxylation is 1. The molecule has 1 aliphatic heterocycles. The number of phenolic OH excluding ortho intramolecular Hbond substituents is 1. The summed E-state index contributed by atoms with van der Waals surface area (Å²) < 4.78 is 0. The first-order valence-corrected chi connectivity index (χ1v) is 8.78. The molecule has 0 radical (unpaired) electrons. The summed E-state index contributed by atoms with van der Waals surface area (Å²) in [4.78, 5) is 12.9. The van der Waals surface area contributed by atoms with Gasteiger partial charge in [-0.25, -0.2) is 0 Å². The summed E-state index contributed by atoms with van der Waals surface area (Å²) in [7, 11) is 0. The zero-order valence-corrected chi connectivity index (χ0v) is 15.8. The van der Waals surface area contributed by atoms with Crippen molar-refractivity contribution in [2.24, 2.45) is 0 Å². The molecular formula is C19H18ClN3O2S. The molecule has 3 rings (SSSR count). The molecule has 4 N–H and O–H groups in total. The van der Waals surface area contributed by atoms with Gasteiger partial charge in [-0.05, 0) is 61.5 Å². The van der Waals surface area contributed by atoms with Crippen LogP contribution < -0.4 is 16.0 Å². The van der Waals surface area contributed by atoms with Crippen molar-refractivity contribution in [1.82, 2.24) is 10.6 Å². The molecule has 0 bridgehead atoms. The molecule has 0 unspecified atom stereocenters. The zero-order chi connectivity index (χ0) is 18.8. The van der Waals surface area contributed by atoms with Gasteiger partial charge in [0.25, 0.3) is 5.91 Å². The molecule has 0 saturated carbocycles. The first-order chi connectivity index (χ1) is 12.3. The molecule has 2 aromatic carbocycles. The van der Waals surface area contributed by atoms with Crippen molar-refractivity contribution in [2.75, 3.05) is 5.32 Å². The molecule has 0 spiro atoms. The van der Waals surface area contributed by atoms with Gasteiger partial charge in [-0.2, -0.15) is 0 Å². The standard InChI is InChI=1S/C19H18ClN3O2S/c1-10-3-6-13(9-15(10)20)22-18(25)16-11(2)21-19(26)23-17(16)12-4-7-14(24)8-5-12/h3-9,17,24H,1-2H3,(H,22,25)(H2,21,23,26)/t17-/m1/s1. The van der Waals surface area contributed by atoms with Gasteiger partial charge in [0.2, 0.25) is 0 Å². The van der Waals surface area contributed by atoms with Gasteiger partial charge in [0.15, 0.2) is 5.11 Å². The number of aromatic hydroxyl groups is 1. The number of hydrogen-bond acceptors (Lipinski definition) is 3. The zero-order valence-electron chi connectivity index (χ0n) is 14.3. The lowest BCUT2D eigenvalue weighted by molar-refractivity contribution is -0.113. The summed E-state index contributed by atoms with van der Waals surface area (Å²) in [5.41, 5.74) is 3.55. The van der Waals surface area contributed by atoms with Crippen molar-refractivity contribution >= 4 is 40.5 Å². The minimum atomic E-state index is -0.426. The van der Waals surface area contributed by atoms with E-state index in [0.29, 0.717) is 27.1 Å². The number of amides is 1. The number of anilines is 1. The Hall–Kier alpha value is -2.57.